The molecule has 10 heteroatoms. The second-order valence-electron chi connectivity index (χ2n) is 6.02. The lowest BCUT2D eigenvalue weighted by Gasteiger charge is -2.25. The fourth-order valence-electron chi connectivity index (χ4n) is 2.87. The molecule has 1 aliphatic rings. The number of hydrogen-bond donors (Lipinski definition) is 1. The van der Waals surface area contributed by atoms with Crippen LogP contribution < -0.4 is 5.32 Å². The minimum Gasteiger partial charge on any atom is -0.324 e. The third-order valence-corrected chi connectivity index (χ3v) is 4.72. The zero-order valence-electron chi connectivity index (χ0n) is 13.8. The lowest BCUT2D eigenvalue weighted by Crippen LogP contribution is -2.20. The van der Waals surface area contributed by atoms with Crippen molar-refractivity contribution in [2.75, 3.05) is 5.32 Å². The average Bonchev–Trinajstić information content (AvgIpc) is 3.06. The van der Waals surface area contributed by atoms with E-state index in [2.05, 4.69) is 15.4 Å². The Morgan fingerprint density at radius 1 is 1.04 bits per heavy atom. The third kappa shape index (κ3) is 3.45. The molecule has 3 aromatic rings. The first kappa shape index (κ1) is 18.8. The van der Waals surface area contributed by atoms with Crippen LogP contribution in [0.2, 0.25) is 10.0 Å². The molecule has 0 fully saturated rings. The number of rotatable bonds is 2. The van der Waals surface area contributed by atoms with E-state index in [0.29, 0.717) is 21.8 Å². The molecule has 4 rings (SSSR count). The number of alkyl halides is 3. The maximum atomic E-state index is 13.2. The van der Waals surface area contributed by atoms with Crippen LogP contribution in [0.5, 0.6) is 0 Å². The molecule has 0 saturated carbocycles. The predicted octanol–water partition coefficient (Wildman–Crippen LogP) is 5.80. The summed E-state index contributed by atoms with van der Waals surface area (Å²) in [6.07, 6.45) is -3.07. The quantitative estimate of drug-likeness (QED) is 0.524. The van der Waals surface area contributed by atoms with E-state index in [1.807, 2.05) is 0 Å². The first-order chi connectivity index (χ1) is 13.2. The molecular weight excluding hydrogens is 419 g/mol. The number of allylic oxidation sites excluding steroid dienone is 1. The highest BCUT2D eigenvalue weighted by atomic mass is 35.5. The van der Waals surface area contributed by atoms with Gasteiger partial charge in [-0.2, -0.15) is 18.2 Å². The van der Waals surface area contributed by atoms with Crippen LogP contribution in [0.25, 0.3) is 5.70 Å². The van der Waals surface area contributed by atoms with Gasteiger partial charge in [0.15, 0.2) is 0 Å². The largest absolute Gasteiger partial charge is 0.453 e. The lowest BCUT2D eigenvalue weighted by molar-refractivity contribution is -0.145. The van der Waals surface area contributed by atoms with Gasteiger partial charge in [0, 0.05) is 15.7 Å². The van der Waals surface area contributed by atoms with Gasteiger partial charge in [-0.25, -0.2) is 9.07 Å². The van der Waals surface area contributed by atoms with Crippen molar-refractivity contribution in [2.45, 2.75) is 12.2 Å². The van der Waals surface area contributed by atoms with Gasteiger partial charge in [0.25, 0.3) is 5.82 Å². The monoisotopic (exact) mass is 428 g/mol. The van der Waals surface area contributed by atoms with Gasteiger partial charge in [-0.1, -0.05) is 29.3 Å². The summed E-state index contributed by atoms with van der Waals surface area (Å²) < 4.78 is 53.7. The minimum atomic E-state index is -4.71. The molecular formula is C18H10Cl2F4N4. The van der Waals surface area contributed by atoms with Gasteiger partial charge in [-0.05, 0) is 53.6 Å². The summed E-state index contributed by atoms with van der Waals surface area (Å²) in [6.45, 7) is 0. The number of anilines is 1. The molecule has 0 radical (unpaired) electrons. The molecule has 2 heterocycles. The molecule has 28 heavy (non-hydrogen) atoms. The smallest absolute Gasteiger partial charge is 0.324 e. The standard InChI is InChI=1S/C18H10Cl2F4N4/c19-10-3-6-12(13(20)7-10)15-8-14(9-1-4-11(21)5-2-9)25-17-26-16(18(22,23)24)27-28(15)17/h1-8,15H,(H,25,26,27)/t15-/m1/s1. The second kappa shape index (κ2) is 6.79. The SMILES string of the molecule is Fc1ccc(C2=C[C@H](c3ccc(Cl)cc3Cl)n3nc(C(F)(F)F)nc3N2)cc1. The lowest BCUT2D eigenvalue weighted by atomic mass is 10.0. The van der Waals surface area contributed by atoms with Gasteiger partial charge < -0.3 is 5.32 Å². The highest BCUT2D eigenvalue weighted by Crippen LogP contribution is 2.38. The summed E-state index contributed by atoms with van der Waals surface area (Å²) in [5, 5.41) is 7.08. The van der Waals surface area contributed by atoms with E-state index in [1.54, 1.807) is 18.2 Å². The Morgan fingerprint density at radius 3 is 2.39 bits per heavy atom. The fraction of sp³-hybridized carbons (Fsp3) is 0.111. The van der Waals surface area contributed by atoms with Crippen molar-refractivity contribution in [3.8, 4) is 0 Å². The van der Waals surface area contributed by atoms with Crippen LogP contribution in [-0.2, 0) is 6.18 Å². The molecule has 0 amide bonds. The van der Waals surface area contributed by atoms with Gasteiger partial charge in [-0.15, -0.1) is 5.10 Å². The van der Waals surface area contributed by atoms with Crippen molar-refractivity contribution >= 4 is 34.8 Å². The third-order valence-electron chi connectivity index (χ3n) is 4.16. The first-order valence-electron chi connectivity index (χ1n) is 7.96. The number of nitrogens with zero attached hydrogens (tertiary/aromatic N) is 3. The van der Waals surface area contributed by atoms with E-state index in [4.69, 9.17) is 23.2 Å². The molecule has 2 aromatic carbocycles. The molecule has 0 spiro atoms. The van der Waals surface area contributed by atoms with Gasteiger partial charge in [0.2, 0.25) is 5.95 Å². The highest BCUT2D eigenvalue weighted by Gasteiger charge is 2.39. The number of benzene rings is 2. The van der Waals surface area contributed by atoms with E-state index in [9.17, 15) is 17.6 Å². The summed E-state index contributed by atoms with van der Waals surface area (Å²) in [5.41, 5.74) is 1.51. The molecule has 0 unspecified atom stereocenters. The molecule has 4 nitrogen and oxygen atoms in total. The van der Waals surface area contributed by atoms with E-state index < -0.39 is 23.9 Å². The highest BCUT2D eigenvalue weighted by molar-refractivity contribution is 6.35. The van der Waals surface area contributed by atoms with Gasteiger partial charge in [-0.3, -0.25) is 0 Å². The zero-order chi connectivity index (χ0) is 20.1. The van der Waals surface area contributed by atoms with Crippen LogP contribution in [0, 0.1) is 5.82 Å². The summed E-state index contributed by atoms with van der Waals surface area (Å²) >= 11 is 12.2. The number of aromatic nitrogens is 3. The van der Waals surface area contributed by atoms with Gasteiger partial charge in [0.1, 0.15) is 11.9 Å². The molecule has 1 aromatic heterocycles. The Bertz CT molecular complexity index is 1070. The normalized spacial score (nSPS) is 16.4. The summed E-state index contributed by atoms with van der Waals surface area (Å²) in [4.78, 5) is 3.57. The minimum absolute atomic E-state index is 0.106. The summed E-state index contributed by atoms with van der Waals surface area (Å²) in [5.74, 6) is -1.82. The number of nitrogens with one attached hydrogen (secondary N) is 1. The summed E-state index contributed by atoms with van der Waals surface area (Å²) in [7, 11) is 0. The van der Waals surface area contributed by atoms with E-state index >= 15 is 0 Å². The Hall–Kier alpha value is -2.58. The van der Waals surface area contributed by atoms with Crippen molar-refractivity contribution in [3.63, 3.8) is 0 Å². The Labute approximate surface area is 166 Å². The number of hydrogen-bond acceptors (Lipinski definition) is 3. The second-order valence-corrected chi connectivity index (χ2v) is 6.87. The van der Waals surface area contributed by atoms with Gasteiger partial charge >= 0.3 is 6.18 Å². The Kier molecular flexibility index (Phi) is 4.55. The Balaban J connectivity index is 1.87. The number of halogens is 6. The molecule has 1 N–H and O–H groups in total. The molecule has 1 aliphatic heterocycles. The van der Waals surface area contributed by atoms with Crippen LogP contribution in [-0.4, -0.2) is 14.8 Å². The summed E-state index contributed by atoms with van der Waals surface area (Å²) in [6, 6.07) is 9.43. The fourth-order valence-corrected chi connectivity index (χ4v) is 3.39. The predicted molar refractivity (Wildman–Crippen MR) is 97.6 cm³/mol. The van der Waals surface area contributed by atoms with E-state index in [1.165, 1.54) is 30.3 Å². The van der Waals surface area contributed by atoms with Crippen molar-refractivity contribution in [3.05, 3.63) is 81.4 Å². The van der Waals surface area contributed by atoms with Crippen molar-refractivity contribution in [1.82, 2.24) is 14.8 Å². The average molecular weight is 429 g/mol. The topological polar surface area (TPSA) is 42.7 Å². The van der Waals surface area contributed by atoms with E-state index in [0.717, 1.165) is 4.68 Å². The van der Waals surface area contributed by atoms with Crippen molar-refractivity contribution in [2.24, 2.45) is 0 Å². The van der Waals surface area contributed by atoms with Gasteiger partial charge in [0.05, 0.1) is 0 Å². The van der Waals surface area contributed by atoms with E-state index in [-0.39, 0.29) is 11.0 Å². The Morgan fingerprint density at radius 2 is 1.75 bits per heavy atom. The molecule has 0 aliphatic carbocycles. The molecule has 0 saturated heterocycles. The maximum absolute atomic E-state index is 13.2. The van der Waals surface area contributed by atoms with Crippen LogP contribution in [0.4, 0.5) is 23.5 Å². The van der Waals surface area contributed by atoms with Crippen LogP contribution in [0.1, 0.15) is 23.0 Å². The maximum Gasteiger partial charge on any atom is 0.453 e. The van der Waals surface area contributed by atoms with Crippen molar-refractivity contribution in [1.29, 1.82) is 0 Å². The van der Waals surface area contributed by atoms with Crippen LogP contribution in [0.3, 0.4) is 0 Å². The first-order valence-corrected chi connectivity index (χ1v) is 8.71. The van der Waals surface area contributed by atoms with Crippen molar-refractivity contribution < 1.29 is 17.6 Å². The van der Waals surface area contributed by atoms with Crippen LogP contribution >= 0.6 is 23.2 Å². The number of fused-ring (bicyclic) bond motifs is 1. The molecule has 0 bridgehead atoms. The molecule has 144 valence electrons. The van der Waals surface area contributed by atoms with Crippen LogP contribution in [0.15, 0.2) is 48.5 Å². The molecule has 1 atom stereocenters. The zero-order valence-corrected chi connectivity index (χ0v) is 15.3.